The molecule has 22 heavy (non-hydrogen) atoms. The molecule has 0 aromatic carbocycles. The van der Waals surface area contributed by atoms with E-state index in [-0.39, 0.29) is 35.4 Å². The molecule has 0 radical (unpaired) electrons. The molecule has 4 aliphatic rings. The van der Waals surface area contributed by atoms with Crippen LogP contribution < -0.4 is 0 Å². The van der Waals surface area contributed by atoms with Crippen molar-refractivity contribution in [2.45, 2.75) is 64.4 Å². The Morgan fingerprint density at radius 2 is 2.00 bits per heavy atom. The number of rotatable bonds is 1. The van der Waals surface area contributed by atoms with Crippen LogP contribution in [0.1, 0.15) is 58.3 Å². The summed E-state index contributed by atoms with van der Waals surface area (Å²) in [5.41, 5.74) is 1.21. The van der Waals surface area contributed by atoms with Crippen LogP contribution in [0.3, 0.4) is 0 Å². The maximum absolute atomic E-state index is 12.5. The van der Waals surface area contributed by atoms with Gasteiger partial charge in [0, 0.05) is 12.3 Å². The van der Waals surface area contributed by atoms with Gasteiger partial charge in [0.1, 0.15) is 11.6 Å². The second-order valence-corrected chi connectivity index (χ2v) is 8.00. The summed E-state index contributed by atoms with van der Waals surface area (Å²) < 4.78 is 0. The van der Waals surface area contributed by atoms with E-state index in [0.717, 1.165) is 44.1 Å². The van der Waals surface area contributed by atoms with Crippen molar-refractivity contribution >= 4 is 11.6 Å². The third-order valence-corrected chi connectivity index (χ3v) is 7.42. The highest BCUT2D eigenvalue weighted by molar-refractivity contribution is 6.05. The first-order valence-corrected chi connectivity index (χ1v) is 8.98. The van der Waals surface area contributed by atoms with Gasteiger partial charge in [0.25, 0.3) is 0 Å². The van der Waals surface area contributed by atoms with Crippen molar-refractivity contribution in [3.05, 3.63) is 11.6 Å². The Labute approximate surface area is 132 Å². The number of carbonyl (C=O) groups excluding carboxylic acids is 2. The lowest BCUT2D eigenvalue weighted by molar-refractivity contribution is -0.135. The molecule has 0 heterocycles. The fraction of sp³-hybridized carbons (Fsp3) is 0.789. The Bertz CT molecular complexity index is 549. The Morgan fingerprint density at radius 1 is 1.18 bits per heavy atom. The monoisotopic (exact) mass is 302 g/mol. The Balaban J connectivity index is 1.68. The molecule has 0 aromatic heterocycles. The molecule has 3 nitrogen and oxygen atoms in total. The van der Waals surface area contributed by atoms with Crippen LogP contribution in [0.2, 0.25) is 0 Å². The summed E-state index contributed by atoms with van der Waals surface area (Å²) in [5.74, 6) is 1.81. The van der Waals surface area contributed by atoms with E-state index in [1.165, 1.54) is 0 Å². The minimum atomic E-state index is -0.155. The zero-order valence-corrected chi connectivity index (χ0v) is 13.4. The van der Waals surface area contributed by atoms with Gasteiger partial charge in [0.2, 0.25) is 0 Å². The van der Waals surface area contributed by atoms with E-state index in [9.17, 15) is 14.7 Å². The average Bonchev–Trinajstić information content (AvgIpc) is 2.84. The van der Waals surface area contributed by atoms with Crippen LogP contribution in [0.4, 0.5) is 0 Å². The molecule has 4 rings (SSSR count). The van der Waals surface area contributed by atoms with E-state index in [0.29, 0.717) is 24.2 Å². The minimum absolute atomic E-state index is 0.0176. The first-order valence-electron chi connectivity index (χ1n) is 8.98. The molecule has 0 amide bonds. The number of allylic oxidation sites excluding steroid dienone is 2. The van der Waals surface area contributed by atoms with E-state index in [1.54, 1.807) is 0 Å². The normalized spacial score (nSPS) is 47.5. The Morgan fingerprint density at radius 3 is 2.77 bits per heavy atom. The lowest BCUT2D eigenvalue weighted by atomic mass is 9.51. The third-order valence-electron chi connectivity index (χ3n) is 7.42. The topological polar surface area (TPSA) is 54.4 Å². The standard InChI is InChI=1S/C19H26O3/c1-2-19-8-7-14-13(15(19)5-6-17(19)22)4-3-11-9-12(20)10-16(21)18(11)14/h3,13-15,17-18,22H,2,4-10H2,1H3/t13-,14+,15+,17?,18+,19+/m1/s1. The average molecular weight is 302 g/mol. The lowest BCUT2D eigenvalue weighted by Crippen LogP contribution is -2.50. The molecule has 0 aliphatic heterocycles. The van der Waals surface area contributed by atoms with Gasteiger partial charge in [-0.25, -0.2) is 0 Å². The highest BCUT2D eigenvalue weighted by Gasteiger charge is 2.57. The van der Waals surface area contributed by atoms with Gasteiger partial charge in [-0.1, -0.05) is 18.6 Å². The van der Waals surface area contributed by atoms with Gasteiger partial charge in [-0.15, -0.1) is 0 Å². The Kier molecular flexibility index (Phi) is 3.34. The molecule has 6 atom stereocenters. The van der Waals surface area contributed by atoms with Crippen LogP contribution >= 0.6 is 0 Å². The maximum Gasteiger partial charge on any atom is 0.147 e. The highest BCUT2D eigenvalue weighted by Crippen LogP contribution is 2.62. The van der Waals surface area contributed by atoms with Crippen molar-refractivity contribution in [3.8, 4) is 0 Å². The fourth-order valence-electron chi connectivity index (χ4n) is 6.44. The van der Waals surface area contributed by atoms with Crippen LogP contribution in [-0.2, 0) is 9.59 Å². The smallest absolute Gasteiger partial charge is 0.147 e. The zero-order valence-electron chi connectivity index (χ0n) is 13.4. The number of Topliss-reactive ketones (excluding diaryl/α,β-unsaturated/α-hetero) is 2. The molecule has 0 spiro atoms. The van der Waals surface area contributed by atoms with E-state index in [4.69, 9.17) is 0 Å². The van der Waals surface area contributed by atoms with E-state index >= 15 is 0 Å². The second-order valence-electron chi connectivity index (χ2n) is 8.00. The lowest BCUT2D eigenvalue weighted by Gasteiger charge is -2.53. The largest absolute Gasteiger partial charge is 0.393 e. The minimum Gasteiger partial charge on any atom is -0.393 e. The number of hydrogen-bond acceptors (Lipinski definition) is 3. The maximum atomic E-state index is 12.5. The molecule has 3 heteroatoms. The quantitative estimate of drug-likeness (QED) is 0.598. The second kappa shape index (κ2) is 5.02. The van der Waals surface area contributed by atoms with Crippen molar-refractivity contribution in [3.63, 3.8) is 0 Å². The van der Waals surface area contributed by atoms with Crippen LogP contribution in [0.25, 0.3) is 0 Å². The first kappa shape index (κ1) is 14.6. The van der Waals surface area contributed by atoms with E-state index < -0.39 is 0 Å². The number of aliphatic hydroxyl groups excluding tert-OH is 1. The molecule has 1 unspecified atom stereocenters. The predicted molar refractivity (Wildman–Crippen MR) is 83.1 cm³/mol. The van der Waals surface area contributed by atoms with Gasteiger partial charge in [0.15, 0.2) is 0 Å². The number of ketones is 2. The van der Waals surface area contributed by atoms with E-state index in [2.05, 4.69) is 13.0 Å². The molecule has 1 N–H and O–H groups in total. The molecule has 0 saturated heterocycles. The summed E-state index contributed by atoms with van der Waals surface area (Å²) in [6.07, 6.45) is 8.91. The number of aliphatic hydroxyl groups is 1. The van der Waals surface area contributed by atoms with Crippen LogP contribution in [-0.4, -0.2) is 22.8 Å². The van der Waals surface area contributed by atoms with Gasteiger partial charge in [-0.2, -0.15) is 0 Å². The third kappa shape index (κ3) is 1.84. The summed E-state index contributed by atoms with van der Waals surface area (Å²) in [5, 5.41) is 10.6. The highest BCUT2D eigenvalue weighted by atomic mass is 16.3. The number of fused-ring (bicyclic) bond motifs is 5. The molecule has 0 bridgehead atoms. The van der Waals surface area contributed by atoms with Crippen molar-refractivity contribution in [1.82, 2.24) is 0 Å². The summed E-state index contributed by atoms with van der Waals surface area (Å²) in [6, 6.07) is 0. The van der Waals surface area contributed by atoms with Gasteiger partial charge in [-0.3, -0.25) is 9.59 Å². The molecule has 120 valence electrons. The number of hydrogen-bond donors (Lipinski definition) is 1. The summed E-state index contributed by atoms with van der Waals surface area (Å²) in [4.78, 5) is 24.2. The van der Waals surface area contributed by atoms with Crippen molar-refractivity contribution < 1.29 is 14.7 Å². The van der Waals surface area contributed by atoms with Crippen LogP contribution in [0.5, 0.6) is 0 Å². The zero-order chi connectivity index (χ0) is 15.5. The molecule has 3 fully saturated rings. The van der Waals surface area contributed by atoms with Gasteiger partial charge in [-0.05, 0) is 61.7 Å². The molecule has 0 aromatic rings. The van der Waals surface area contributed by atoms with Crippen LogP contribution in [0.15, 0.2) is 11.6 Å². The number of carbonyl (C=O) groups is 2. The first-order chi connectivity index (χ1) is 10.6. The van der Waals surface area contributed by atoms with Crippen molar-refractivity contribution in [1.29, 1.82) is 0 Å². The van der Waals surface area contributed by atoms with E-state index in [1.807, 2.05) is 0 Å². The van der Waals surface area contributed by atoms with Gasteiger partial charge in [0.05, 0.1) is 12.5 Å². The summed E-state index contributed by atoms with van der Waals surface area (Å²) >= 11 is 0. The predicted octanol–water partition coefficient (Wildman–Crippen LogP) is 3.06. The molecular formula is C19H26O3. The Hall–Kier alpha value is -0.960. The summed E-state index contributed by atoms with van der Waals surface area (Å²) in [7, 11) is 0. The molecule has 4 aliphatic carbocycles. The van der Waals surface area contributed by atoms with Crippen molar-refractivity contribution in [2.24, 2.45) is 29.1 Å². The van der Waals surface area contributed by atoms with Gasteiger partial charge >= 0.3 is 0 Å². The SMILES string of the molecule is CC[C@]12CC[C@@H]3[C@H]4C(=O)CC(=O)CC4=CC[C@H]3[C@@H]1CCC2O. The van der Waals surface area contributed by atoms with Crippen LogP contribution in [0, 0.1) is 29.1 Å². The van der Waals surface area contributed by atoms with Gasteiger partial charge < -0.3 is 5.11 Å². The molecular weight excluding hydrogens is 276 g/mol. The summed E-state index contributed by atoms with van der Waals surface area (Å²) in [6.45, 7) is 2.22. The van der Waals surface area contributed by atoms with Crippen molar-refractivity contribution in [2.75, 3.05) is 0 Å². The fourth-order valence-corrected chi connectivity index (χ4v) is 6.44. The molecule has 3 saturated carbocycles.